The molecule has 0 aromatic rings. The predicted octanol–water partition coefficient (Wildman–Crippen LogP) is 2.29. The van der Waals surface area contributed by atoms with Crippen LogP contribution in [0.4, 0.5) is 0 Å². The van der Waals surface area contributed by atoms with Gasteiger partial charge in [-0.15, -0.1) is 0 Å². The molecule has 0 bridgehead atoms. The summed E-state index contributed by atoms with van der Waals surface area (Å²) in [7, 11) is 0. The average Bonchev–Trinajstić information content (AvgIpc) is 2.71. The first kappa shape index (κ1) is 27.5. The van der Waals surface area contributed by atoms with Crippen molar-refractivity contribution in [3.63, 3.8) is 0 Å². The van der Waals surface area contributed by atoms with Crippen LogP contribution in [0.5, 0.6) is 0 Å². The lowest BCUT2D eigenvalue weighted by Crippen LogP contribution is -2.62. The fourth-order valence-corrected chi connectivity index (χ4v) is 5.21. The molecule has 7 heteroatoms. The van der Waals surface area contributed by atoms with Crippen molar-refractivity contribution in [3.05, 3.63) is 0 Å². The molecule has 2 fully saturated rings. The molecule has 4 N–H and O–H groups in total. The van der Waals surface area contributed by atoms with Crippen LogP contribution in [0.25, 0.3) is 0 Å². The molecule has 0 radical (unpaired) electrons. The number of nitrogens with zero attached hydrogens (tertiary/aromatic N) is 2. The normalized spacial score (nSPS) is 28.8. The largest absolute Gasteiger partial charge is 0.395 e. The first-order valence-electron chi connectivity index (χ1n) is 12.9. The van der Waals surface area contributed by atoms with Gasteiger partial charge in [-0.05, 0) is 32.2 Å². The molecule has 4 atom stereocenters. The van der Waals surface area contributed by atoms with Crippen molar-refractivity contribution in [3.8, 4) is 0 Å². The zero-order chi connectivity index (χ0) is 23.7. The number of aliphatic hydroxyl groups excluding tert-OH is 4. The van der Waals surface area contributed by atoms with Gasteiger partial charge in [-0.2, -0.15) is 0 Å². The minimum absolute atomic E-state index is 0.240. The molecule has 1 aliphatic heterocycles. The van der Waals surface area contributed by atoms with Gasteiger partial charge in [0.15, 0.2) is 0 Å². The molecule has 7 nitrogen and oxygen atoms in total. The van der Waals surface area contributed by atoms with Gasteiger partial charge in [-0.25, -0.2) is 0 Å². The minimum Gasteiger partial charge on any atom is -0.395 e. The van der Waals surface area contributed by atoms with Gasteiger partial charge in [0.05, 0.1) is 18.8 Å². The highest BCUT2D eigenvalue weighted by molar-refractivity contribution is 5.81. The van der Waals surface area contributed by atoms with E-state index in [1.807, 2.05) is 25.7 Å². The number of hydrogen-bond acceptors (Lipinski definition) is 6. The monoisotopic (exact) mass is 456 g/mol. The minimum atomic E-state index is -1.21. The van der Waals surface area contributed by atoms with Crippen molar-refractivity contribution in [1.29, 1.82) is 0 Å². The van der Waals surface area contributed by atoms with Gasteiger partial charge >= 0.3 is 0 Å². The molecular formula is C25H48N2O5. The Bertz CT molecular complexity index is 545. The number of amides is 1. The number of carbonyl (C=O) groups excluding carboxylic acids is 1. The maximum atomic E-state index is 13.2. The zero-order valence-electron chi connectivity index (χ0n) is 20.6. The lowest BCUT2D eigenvalue weighted by Gasteiger charge is -2.43. The van der Waals surface area contributed by atoms with Gasteiger partial charge in [0.1, 0.15) is 12.2 Å². The highest BCUT2D eigenvalue weighted by atomic mass is 16.4. The van der Waals surface area contributed by atoms with Crippen molar-refractivity contribution >= 4 is 5.91 Å². The van der Waals surface area contributed by atoms with E-state index in [-0.39, 0.29) is 24.5 Å². The van der Waals surface area contributed by atoms with Crippen molar-refractivity contribution in [2.24, 2.45) is 5.41 Å². The quantitative estimate of drug-likeness (QED) is 0.397. The SMILES string of the molecule is CC(C)(C)C(=O)N(CCCCCCN1C[C@H](O)[C@@H](O)[C@H](O)[C@H]1CO)C1CCCCCCC1. The molecule has 0 aromatic heterocycles. The molecule has 32 heavy (non-hydrogen) atoms. The van der Waals surface area contributed by atoms with Crippen LogP contribution in [0.1, 0.15) is 91.4 Å². The number of rotatable bonds is 9. The standard InChI is InChI=1S/C25H48N2O5/c1-25(2,3)24(32)27(19-13-9-5-4-6-10-14-19)16-12-8-7-11-15-26-17-21(29)23(31)22(30)20(26)18-28/h19-23,28-31H,4-18H2,1-3H3/t20-,21+,22-,23-/m1/s1. The number of unbranched alkanes of at least 4 members (excludes halogenated alkanes) is 3. The average molecular weight is 457 g/mol. The van der Waals surface area contributed by atoms with Crippen LogP contribution in [-0.4, -0.2) is 92.8 Å². The Hall–Kier alpha value is -0.730. The number of likely N-dealkylation sites (tertiary alicyclic amines) is 1. The Morgan fingerprint density at radius 3 is 2.09 bits per heavy atom. The summed E-state index contributed by atoms with van der Waals surface area (Å²) < 4.78 is 0. The molecule has 188 valence electrons. The summed E-state index contributed by atoms with van der Waals surface area (Å²) in [5.74, 6) is 0.267. The van der Waals surface area contributed by atoms with E-state index in [1.165, 1.54) is 32.1 Å². The van der Waals surface area contributed by atoms with Crippen LogP contribution < -0.4 is 0 Å². The fourth-order valence-electron chi connectivity index (χ4n) is 5.21. The molecule has 1 heterocycles. The van der Waals surface area contributed by atoms with Crippen LogP contribution in [0.3, 0.4) is 0 Å². The van der Waals surface area contributed by atoms with E-state index in [4.69, 9.17) is 0 Å². The number of piperidine rings is 1. The molecule has 2 aliphatic rings. The van der Waals surface area contributed by atoms with E-state index < -0.39 is 24.4 Å². The maximum absolute atomic E-state index is 13.2. The lowest BCUT2D eigenvalue weighted by molar-refractivity contribution is -0.145. The Morgan fingerprint density at radius 2 is 1.50 bits per heavy atom. The number of β-amino-alcohol motifs (C(OH)–C–C–N with tert-alkyl or cyclic N) is 1. The molecule has 1 aliphatic carbocycles. The molecule has 2 rings (SSSR count). The van der Waals surface area contributed by atoms with Gasteiger partial charge in [-0.3, -0.25) is 9.69 Å². The van der Waals surface area contributed by atoms with E-state index in [2.05, 4.69) is 4.90 Å². The second kappa shape index (κ2) is 13.2. The summed E-state index contributed by atoms with van der Waals surface area (Å²) in [6, 6.07) is -0.164. The van der Waals surface area contributed by atoms with Crippen molar-refractivity contribution in [1.82, 2.24) is 9.80 Å². The second-order valence-corrected chi connectivity index (χ2v) is 11.0. The van der Waals surface area contributed by atoms with Crippen LogP contribution in [0, 0.1) is 5.41 Å². The zero-order valence-corrected chi connectivity index (χ0v) is 20.6. The van der Waals surface area contributed by atoms with E-state index in [0.717, 1.165) is 45.1 Å². The Balaban J connectivity index is 1.80. The van der Waals surface area contributed by atoms with Gasteiger partial charge in [0.25, 0.3) is 0 Å². The number of carbonyl (C=O) groups is 1. The highest BCUT2D eigenvalue weighted by Crippen LogP contribution is 2.27. The third-order valence-electron chi connectivity index (χ3n) is 7.23. The smallest absolute Gasteiger partial charge is 0.228 e. The van der Waals surface area contributed by atoms with E-state index >= 15 is 0 Å². The third-order valence-corrected chi connectivity index (χ3v) is 7.23. The molecular weight excluding hydrogens is 408 g/mol. The van der Waals surface area contributed by atoms with Gasteiger partial charge in [0, 0.05) is 24.5 Å². The Kier molecular flexibility index (Phi) is 11.4. The number of aliphatic hydroxyl groups is 4. The fraction of sp³-hybridized carbons (Fsp3) is 0.960. The summed E-state index contributed by atoms with van der Waals surface area (Å²) in [5, 5.41) is 39.5. The summed E-state index contributed by atoms with van der Waals surface area (Å²) >= 11 is 0. The Labute approximate surface area is 194 Å². The summed E-state index contributed by atoms with van der Waals surface area (Å²) in [6.45, 7) is 7.55. The predicted molar refractivity (Wildman–Crippen MR) is 126 cm³/mol. The Morgan fingerprint density at radius 1 is 0.906 bits per heavy atom. The first-order valence-corrected chi connectivity index (χ1v) is 12.9. The molecule has 0 spiro atoms. The summed E-state index contributed by atoms with van der Waals surface area (Å²) in [4.78, 5) is 17.2. The van der Waals surface area contributed by atoms with Gasteiger partial charge in [-0.1, -0.05) is 65.7 Å². The molecule has 1 amide bonds. The van der Waals surface area contributed by atoms with E-state index in [9.17, 15) is 25.2 Å². The van der Waals surface area contributed by atoms with Crippen LogP contribution in [0.2, 0.25) is 0 Å². The van der Waals surface area contributed by atoms with E-state index in [0.29, 0.717) is 12.6 Å². The number of hydrogen-bond donors (Lipinski definition) is 4. The molecule has 0 aromatic carbocycles. The van der Waals surface area contributed by atoms with E-state index in [1.54, 1.807) is 0 Å². The lowest BCUT2D eigenvalue weighted by atomic mass is 9.90. The van der Waals surface area contributed by atoms with Crippen molar-refractivity contribution < 1.29 is 25.2 Å². The van der Waals surface area contributed by atoms with Crippen molar-refractivity contribution in [2.45, 2.75) is 122 Å². The first-order chi connectivity index (χ1) is 15.2. The van der Waals surface area contributed by atoms with Crippen LogP contribution in [0.15, 0.2) is 0 Å². The third kappa shape index (κ3) is 7.94. The van der Waals surface area contributed by atoms with Crippen LogP contribution >= 0.6 is 0 Å². The van der Waals surface area contributed by atoms with Gasteiger partial charge in [0.2, 0.25) is 5.91 Å². The van der Waals surface area contributed by atoms with Crippen LogP contribution in [-0.2, 0) is 4.79 Å². The molecule has 1 saturated carbocycles. The highest BCUT2D eigenvalue weighted by Gasteiger charge is 2.40. The maximum Gasteiger partial charge on any atom is 0.228 e. The van der Waals surface area contributed by atoms with Gasteiger partial charge < -0.3 is 25.3 Å². The second-order valence-electron chi connectivity index (χ2n) is 11.0. The summed E-state index contributed by atoms with van der Waals surface area (Å²) in [6.07, 6.45) is 9.10. The topological polar surface area (TPSA) is 104 Å². The van der Waals surface area contributed by atoms with Crippen molar-refractivity contribution in [2.75, 3.05) is 26.2 Å². The molecule has 0 unspecified atom stereocenters. The summed E-state index contributed by atoms with van der Waals surface area (Å²) in [5.41, 5.74) is -0.359. The molecule has 1 saturated heterocycles.